The number of hydrogen-bond acceptors (Lipinski definition) is 5. The molecule has 1 aromatic carbocycles. The second-order valence-electron chi connectivity index (χ2n) is 8.35. The summed E-state index contributed by atoms with van der Waals surface area (Å²) in [5, 5.41) is 23.0. The first-order valence-corrected chi connectivity index (χ1v) is 12.5. The van der Waals surface area contributed by atoms with Gasteiger partial charge in [0.1, 0.15) is 12.7 Å². The number of aliphatic hydroxyl groups excluding tert-OH is 2. The summed E-state index contributed by atoms with van der Waals surface area (Å²) in [6, 6.07) is 8.38. The molecule has 0 bridgehead atoms. The molecule has 0 aromatic heterocycles. The fourth-order valence-corrected chi connectivity index (χ4v) is 3.57. The molecule has 0 aliphatic rings. The van der Waals surface area contributed by atoms with Crippen LogP contribution in [0.5, 0.6) is 0 Å². The van der Waals surface area contributed by atoms with Crippen molar-refractivity contribution in [2.75, 3.05) is 6.61 Å². The van der Waals surface area contributed by atoms with Crippen molar-refractivity contribution in [3.05, 3.63) is 48.0 Å². The quantitative estimate of drug-likeness (QED) is 0.428. The van der Waals surface area contributed by atoms with Crippen LogP contribution in [0.3, 0.4) is 0 Å². The van der Waals surface area contributed by atoms with E-state index in [1.807, 2.05) is 37.3 Å². The Morgan fingerprint density at radius 1 is 1.25 bits per heavy atom. The molecule has 0 unspecified atom stereocenters. The van der Waals surface area contributed by atoms with Gasteiger partial charge < -0.3 is 24.7 Å². The van der Waals surface area contributed by atoms with Crippen LogP contribution in [0.2, 0.25) is 18.1 Å². The summed E-state index contributed by atoms with van der Waals surface area (Å²) in [7, 11) is -2.16. The first-order chi connectivity index (χ1) is 13.0. The van der Waals surface area contributed by atoms with E-state index in [1.54, 1.807) is 12.2 Å². The molecule has 0 fully saturated rings. The molecule has 0 heterocycles. The molecule has 1 aromatic rings. The molecule has 7 heteroatoms. The predicted molar refractivity (Wildman–Crippen MR) is 114 cm³/mol. The number of carbonyl (C=O) groups is 1. The van der Waals surface area contributed by atoms with Crippen LogP contribution in [0.25, 0.3) is 0 Å². The minimum atomic E-state index is -2.16. The van der Waals surface area contributed by atoms with Gasteiger partial charge in [-0.1, -0.05) is 63.3 Å². The summed E-state index contributed by atoms with van der Waals surface area (Å²) in [5.41, 5.74) is 0.854. The van der Waals surface area contributed by atoms with Gasteiger partial charge in [0.25, 0.3) is 0 Å². The lowest BCUT2D eigenvalue weighted by atomic mass is 10.1. The second-order valence-corrected chi connectivity index (χ2v) is 13.1. The molecule has 3 N–H and O–H groups in total. The molecule has 0 spiro atoms. The Bertz CT molecular complexity index is 627. The zero-order valence-electron chi connectivity index (χ0n) is 17.8. The standard InChI is InChI=1S/C21H35NO5Si/c1-7-11-18(27-28(5,6)21(2,3)4)19(24)17(14-23)22-20(25)26-15-16-12-9-8-10-13-16/h7-13,17-19,23-24H,14-15H2,1-6H3,(H,22,25)/b11-7+/t17-,18+,19+/m0/s1. The van der Waals surface area contributed by atoms with Gasteiger partial charge in [0.15, 0.2) is 8.32 Å². The van der Waals surface area contributed by atoms with Crippen LogP contribution in [0.4, 0.5) is 4.79 Å². The average molecular weight is 410 g/mol. The van der Waals surface area contributed by atoms with Crippen molar-refractivity contribution in [1.29, 1.82) is 0 Å². The smallest absolute Gasteiger partial charge is 0.407 e. The third kappa shape index (κ3) is 7.39. The predicted octanol–water partition coefficient (Wildman–Crippen LogP) is 3.60. The molecule has 6 nitrogen and oxygen atoms in total. The number of hydrogen-bond donors (Lipinski definition) is 3. The van der Waals surface area contributed by atoms with Gasteiger partial charge in [-0.3, -0.25) is 0 Å². The van der Waals surface area contributed by atoms with Crippen molar-refractivity contribution in [1.82, 2.24) is 5.32 Å². The summed E-state index contributed by atoms with van der Waals surface area (Å²) in [6.45, 7) is 12.0. The number of allylic oxidation sites excluding steroid dienone is 1. The average Bonchev–Trinajstić information content (AvgIpc) is 2.63. The Morgan fingerprint density at radius 3 is 2.36 bits per heavy atom. The monoisotopic (exact) mass is 409 g/mol. The minimum Gasteiger partial charge on any atom is -0.445 e. The number of ether oxygens (including phenoxy) is 1. The zero-order chi connectivity index (χ0) is 21.4. The molecule has 3 atom stereocenters. The van der Waals surface area contributed by atoms with Crippen LogP contribution in [-0.4, -0.2) is 49.5 Å². The van der Waals surface area contributed by atoms with E-state index in [1.165, 1.54) is 0 Å². The van der Waals surface area contributed by atoms with Gasteiger partial charge in [-0.05, 0) is 30.6 Å². The van der Waals surface area contributed by atoms with Gasteiger partial charge in [-0.25, -0.2) is 4.79 Å². The van der Waals surface area contributed by atoms with Crippen LogP contribution in [0.15, 0.2) is 42.5 Å². The third-order valence-corrected chi connectivity index (χ3v) is 9.55. The van der Waals surface area contributed by atoms with E-state index in [2.05, 4.69) is 39.2 Å². The van der Waals surface area contributed by atoms with Crippen LogP contribution in [-0.2, 0) is 15.8 Å². The number of carbonyl (C=O) groups excluding carboxylic acids is 1. The van der Waals surface area contributed by atoms with Crippen molar-refractivity contribution in [2.45, 2.75) is 70.7 Å². The van der Waals surface area contributed by atoms with Crippen molar-refractivity contribution in [3.63, 3.8) is 0 Å². The summed E-state index contributed by atoms with van der Waals surface area (Å²) >= 11 is 0. The van der Waals surface area contributed by atoms with Crippen molar-refractivity contribution in [2.24, 2.45) is 0 Å². The highest BCUT2D eigenvalue weighted by molar-refractivity contribution is 6.74. The maximum absolute atomic E-state index is 12.1. The van der Waals surface area contributed by atoms with Gasteiger partial charge >= 0.3 is 6.09 Å². The van der Waals surface area contributed by atoms with Crippen molar-refractivity contribution >= 4 is 14.4 Å². The normalized spacial score (nSPS) is 15.9. The Kier molecular flexibility index (Phi) is 9.36. The molecule has 0 aliphatic heterocycles. The molecule has 0 saturated heterocycles. The molecule has 158 valence electrons. The minimum absolute atomic E-state index is 0.0384. The summed E-state index contributed by atoms with van der Waals surface area (Å²) in [6.07, 6.45) is 1.10. The van der Waals surface area contributed by atoms with E-state index >= 15 is 0 Å². The summed E-state index contributed by atoms with van der Waals surface area (Å²) in [5.74, 6) is 0. The molecule has 0 aliphatic carbocycles. The molecule has 1 rings (SSSR count). The molecule has 28 heavy (non-hydrogen) atoms. The Morgan fingerprint density at radius 2 is 1.86 bits per heavy atom. The fraction of sp³-hybridized carbons (Fsp3) is 0.571. The number of nitrogens with one attached hydrogen (secondary N) is 1. The lowest BCUT2D eigenvalue weighted by Crippen LogP contribution is -2.54. The highest BCUT2D eigenvalue weighted by atomic mass is 28.4. The van der Waals surface area contributed by atoms with E-state index in [4.69, 9.17) is 9.16 Å². The van der Waals surface area contributed by atoms with Crippen molar-refractivity contribution < 1.29 is 24.2 Å². The number of benzene rings is 1. The van der Waals surface area contributed by atoms with Gasteiger partial charge in [0, 0.05) is 0 Å². The lowest BCUT2D eigenvalue weighted by molar-refractivity contribution is 0.0108. The molecule has 0 radical (unpaired) electrons. The Hall–Kier alpha value is -1.67. The number of rotatable bonds is 9. The van der Waals surface area contributed by atoms with Crippen LogP contribution in [0.1, 0.15) is 33.3 Å². The topological polar surface area (TPSA) is 88.0 Å². The fourth-order valence-electron chi connectivity index (χ4n) is 2.31. The third-order valence-electron chi connectivity index (χ3n) is 5.08. The molecule has 1 amide bonds. The van der Waals surface area contributed by atoms with E-state index in [0.29, 0.717) is 0 Å². The van der Waals surface area contributed by atoms with E-state index in [-0.39, 0.29) is 11.6 Å². The van der Waals surface area contributed by atoms with E-state index in [0.717, 1.165) is 5.56 Å². The Balaban J connectivity index is 2.76. The summed E-state index contributed by atoms with van der Waals surface area (Å²) in [4.78, 5) is 12.1. The van der Waals surface area contributed by atoms with Gasteiger partial charge in [0.2, 0.25) is 0 Å². The van der Waals surface area contributed by atoms with Gasteiger partial charge in [-0.2, -0.15) is 0 Å². The zero-order valence-corrected chi connectivity index (χ0v) is 18.8. The lowest BCUT2D eigenvalue weighted by Gasteiger charge is -2.40. The first kappa shape index (κ1) is 24.4. The first-order valence-electron chi connectivity index (χ1n) is 9.58. The van der Waals surface area contributed by atoms with Crippen LogP contribution >= 0.6 is 0 Å². The van der Waals surface area contributed by atoms with E-state index in [9.17, 15) is 15.0 Å². The number of aliphatic hydroxyl groups is 2. The second kappa shape index (κ2) is 10.8. The SMILES string of the molecule is C/C=C/[C@@H](O[Si](C)(C)C(C)(C)C)[C@H](O)[C@H](CO)NC(=O)OCc1ccccc1. The maximum Gasteiger partial charge on any atom is 0.407 e. The van der Waals surface area contributed by atoms with Crippen LogP contribution < -0.4 is 5.32 Å². The highest BCUT2D eigenvalue weighted by Gasteiger charge is 2.41. The molecular formula is C21H35NO5Si. The van der Waals surface area contributed by atoms with Crippen molar-refractivity contribution in [3.8, 4) is 0 Å². The highest BCUT2D eigenvalue weighted by Crippen LogP contribution is 2.38. The number of amides is 1. The number of alkyl carbamates (subject to hydrolysis) is 1. The molecular weight excluding hydrogens is 374 g/mol. The Labute approximate surface area is 169 Å². The molecule has 0 saturated carbocycles. The van der Waals surface area contributed by atoms with Gasteiger partial charge in [-0.15, -0.1) is 0 Å². The maximum atomic E-state index is 12.1. The van der Waals surface area contributed by atoms with Crippen LogP contribution in [0, 0.1) is 0 Å². The summed E-state index contributed by atoms with van der Waals surface area (Å²) < 4.78 is 11.5. The van der Waals surface area contributed by atoms with Gasteiger partial charge in [0.05, 0.1) is 18.8 Å². The van der Waals surface area contributed by atoms with E-state index < -0.39 is 39.3 Å². The largest absolute Gasteiger partial charge is 0.445 e.